The average molecular weight is 394 g/mol. The molecule has 0 unspecified atom stereocenters. The number of halogens is 1. The van der Waals surface area contributed by atoms with Crippen LogP contribution >= 0.6 is 0 Å². The monoisotopic (exact) mass is 394 g/mol. The predicted octanol–water partition coefficient (Wildman–Crippen LogP) is 0.876. The number of nitrogens with zero attached hydrogens (tertiary/aromatic N) is 1. The van der Waals surface area contributed by atoms with Crippen LogP contribution in [0, 0.1) is 0 Å². The van der Waals surface area contributed by atoms with Gasteiger partial charge >= 0.3 is 11.8 Å². The Morgan fingerprint density at radius 1 is 1.32 bits per heavy atom. The lowest BCUT2D eigenvalue weighted by atomic mass is 9.98. The minimum absolute atomic E-state index is 0.0805. The van der Waals surface area contributed by atoms with Crippen molar-refractivity contribution in [2.24, 2.45) is 0 Å². The number of benzene rings is 1. The average Bonchev–Trinajstić information content (AvgIpc) is 2.91. The molecule has 1 aromatic carbocycles. The van der Waals surface area contributed by atoms with Crippen molar-refractivity contribution in [3.05, 3.63) is 69.0 Å². The number of hydrogen-bond acceptors (Lipinski definition) is 7. The summed E-state index contributed by atoms with van der Waals surface area (Å²) in [5, 5.41) is 9.50. The second-order valence-corrected chi connectivity index (χ2v) is 6.44. The number of hydrogen-bond donors (Lipinski definition) is 2. The maximum atomic E-state index is 15.4. The number of aliphatic hydroxyl groups excluding tert-OH is 1. The Morgan fingerprint density at radius 2 is 2.04 bits per heavy atom. The highest BCUT2D eigenvalue weighted by molar-refractivity contribution is 5.60. The molecule has 1 aromatic heterocycles. The first-order valence-corrected chi connectivity index (χ1v) is 8.47. The van der Waals surface area contributed by atoms with Gasteiger partial charge in [-0.25, -0.2) is 14.0 Å². The first-order chi connectivity index (χ1) is 13.3. The summed E-state index contributed by atoms with van der Waals surface area (Å²) in [6.07, 6.45) is -4.38. The van der Waals surface area contributed by atoms with Crippen molar-refractivity contribution < 1.29 is 28.5 Å². The van der Waals surface area contributed by atoms with Gasteiger partial charge in [-0.15, -0.1) is 0 Å². The third-order valence-electron chi connectivity index (χ3n) is 4.39. The van der Waals surface area contributed by atoms with Gasteiger partial charge in [0, 0.05) is 12.3 Å². The minimum atomic E-state index is -2.39. The molecule has 1 saturated heterocycles. The quantitative estimate of drug-likeness (QED) is 0.722. The molecule has 0 aliphatic carbocycles. The Balaban J connectivity index is 1.75. The standard InChI is InChI=1S/C18H19FN2O7/c1-18(19)14(28-17(25)26-10-11-5-3-2-4-6-11)12(9-22)27-15(18)21-8-7-13(23)20-16(21)24/h2-8,12,14-15,22H,9-10H2,1H3,(H,20,23,24)/t12-,14-,15-,18-/m1/s1. The molecule has 0 saturated carbocycles. The summed E-state index contributed by atoms with van der Waals surface area (Å²) < 4.78 is 31.7. The largest absolute Gasteiger partial charge is 0.509 e. The molecule has 150 valence electrons. The molecule has 10 heteroatoms. The van der Waals surface area contributed by atoms with Gasteiger partial charge in [0.05, 0.1) is 6.61 Å². The third-order valence-corrected chi connectivity index (χ3v) is 4.39. The summed E-state index contributed by atoms with van der Waals surface area (Å²) in [7, 11) is 0. The normalized spacial score (nSPS) is 26.8. The fourth-order valence-electron chi connectivity index (χ4n) is 3.01. The number of alkyl halides is 1. The second-order valence-electron chi connectivity index (χ2n) is 6.44. The first-order valence-electron chi connectivity index (χ1n) is 8.47. The van der Waals surface area contributed by atoms with Crippen molar-refractivity contribution in [1.29, 1.82) is 0 Å². The van der Waals surface area contributed by atoms with Gasteiger partial charge in [0.25, 0.3) is 5.56 Å². The SMILES string of the molecule is C[C@@]1(F)[C@H](OC(=O)OCc2ccccc2)[C@@H](CO)O[C@H]1n1ccc(=O)[nH]c1=O. The molecular weight excluding hydrogens is 375 g/mol. The van der Waals surface area contributed by atoms with Crippen molar-refractivity contribution in [3.63, 3.8) is 0 Å². The fraction of sp³-hybridized carbons (Fsp3) is 0.389. The summed E-state index contributed by atoms with van der Waals surface area (Å²) in [6, 6.07) is 9.83. The van der Waals surface area contributed by atoms with Crippen molar-refractivity contribution in [1.82, 2.24) is 9.55 Å². The van der Waals surface area contributed by atoms with E-state index in [9.17, 15) is 19.5 Å². The van der Waals surface area contributed by atoms with E-state index in [0.717, 1.165) is 23.8 Å². The van der Waals surface area contributed by atoms with Crippen molar-refractivity contribution >= 4 is 6.16 Å². The first kappa shape index (κ1) is 19.8. The van der Waals surface area contributed by atoms with E-state index in [1.807, 2.05) is 4.98 Å². The van der Waals surface area contributed by atoms with Gasteiger partial charge in [-0.3, -0.25) is 14.3 Å². The molecule has 9 nitrogen and oxygen atoms in total. The number of aliphatic hydroxyl groups is 1. The molecule has 1 aliphatic rings. The van der Waals surface area contributed by atoms with Crippen LogP contribution in [0.15, 0.2) is 52.2 Å². The predicted molar refractivity (Wildman–Crippen MR) is 93.3 cm³/mol. The van der Waals surface area contributed by atoms with Crippen LogP contribution in [0.5, 0.6) is 0 Å². The number of ether oxygens (including phenoxy) is 3. The second kappa shape index (κ2) is 7.95. The summed E-state index contributed by atoms with van der Waals surface area (Å²) in [5.74, 6) is 0. The van der Waals surface area contributed by atoms with Crippen LogP contribution in [-0.2, 0) is 20.8 Å². The molecule has 4 atom stereocenters. The van der Waals surface area contributed by atoms with Crippen molar-refractivity contribution in [2.75, 3.05) is 6.61 Å². The zero-order chi connectivity index (χ0) is 20.3. The lowest BCUT2D eigenvalue weighted by molar-refractivity contribution is -0.0614. The number of rotatable bonds is 5. The van der Waals surface area contributed by atoms with Crippen LogP contribution in [0.1, 0.15) is 18.7 Å². The Hall–Kier alpha value is -2.98. The third kappa shape index (κ3) is 3.97. The molecule has 2 heterocycles. The van der Waals surface area contributed by atoms with E-state index >= 15 is 4.39 Å². The zero-order valence-electron chi connectivity index (χ0n) is 14.9. The fourth-order valence-corrected chi connectivity index (χ4v) is 3.01. The van der Waals surface area contributed by atoms with Gasteiger partial charge in [0.1, 0.15) is 12.7 Å². The van der Waals surface area contributed by atoms with Gasteiger partial charge in [-0.2, -0.15) is 0 Å². The summed E-state index contributed by atoms with van der Waals surface area (Å²) in [6.45, 7) is 0.327. The lowest BCUT2D eigenvalue weighted by Gasteiger charge is -2.27. The Bertz CT molecular complexity index is 941. The number of H-pyrrole nitrogens is 1. The molecule has 28 heavy (non-hydrogen) atoms. The van der Waals surface area contributed by atoms with E-state index in [2.05, 4.69) is 0 Å². The van der Waals surface area contributed by atoms with Gasteiger partial charge in [-0.1, -0.05) is 30.3 Å². The molecule has 2 N–H and O–H groups in total. The lowest BCUT2D eigenvalue weighted by Crippen LogP contribution is -2.46. The van der Waals surface area contributed by atoms with Crippen LogP contribution in [0.2, 0.25) is 0 Å². The number of aromatic amines is 1. The maximum absolute atomic E-state index is 15.4. The van der Waals surface area contributed by atoms with Gasteiger partial charge < -0.3 is 19.3 Å². The van der Waals surface area contributed by atoms with Crippen molar-refractivity contribution in [3.8, 4) is 0 Å². The van der Waals surface area contributed by atoms with E-state index in [4.69, 9.17) is 14.2 Å². The van der Waals surface area contributed by atoms with Crippen LogP contribution < -0.4 is 11.2 Å². The summed E-state index contributed by atoms with van der Waals surface area (Å²) in [4.78, 5) is 37.2. The highest BCUT2D eigenvalue weighted by Crippen LogP contribution is 2.42. The maximum Gasteiger partial charge on any atom is 0.509 e. The molecule has 0 spiro atoms. The summed E-state index contributed by atoms with van der Waals surface area (Å²) in [5.41, 5.74) is -3.23. The van der Waals surface area contributed by atoms with Crippen LogP contribution in [0.4, 0.5) is 9.18 Å². The summed E-state index contributed by atoms with van der Waals surface area (Å²) >= 11 is 0. The van der Waals surface area contributed by atoms with E-state index in [-0.39, 0.29) is 6.61 Å². The van der Waals surface area contributed by atoms with Gasteiger partial charge in [0.15, 0.2) is 18.0 Å². The number of aromatic nitrogens is 2. The Kier molecular flexibility index (Phi) is 5.61. The highest BCUT2D eigenvalue weighted by Gasteiger charge is 2.58. The number of carbonyl (C=O) groups excluding carboxylic acids is 1. The minimum Gasteiger partial charge on any atom is -0.429 e. The van der Waals surface area contributed by atoms with Crippen LogP contribution in [-0.4, -0.2) is 45.3 Å². The van der Waals surface area contributed by atoms with E-state index < -0.39 is 48.1 Å². The Labute approximate surface area is 158 Å². The van der Waals surface area contributed by atoms with E-state index in [1.54, 1.807) is 30.3 Å². The molecule has 1 fully saturated rings. The Morgan fingerprint density at radius 3 is 2.68 bits per heavy atom. The van der Waals surface area contributed by atoms with Crippen LogP contribution in [0.25, 0.3) is 0 Å². The van der Waals surface area contributed by atoms with Crippen molar-refractivity contribution in [2.45, 2.75) is 37.6 Å². The topological polar surface area (TPSA) is 120 Å². The molecule has 0 bridgehead atoms. The molecule has 1 aliphatic heterocycles. The zero-order valence-corrected chi connectivity index (χ0v) is 14.9. The molecule has 2 aromatic rings. The molecular formula is C18H19FN2O7. The molecule has 3 rings (SSSR count). The smallest absolute Gasteiger partial charge is 0.429 e. The molecule has 0 radical (unpaired) electrons. The van der Waals surface area contributed by atoms with E-state index in [1.165, 1.54) is 0 Å². The number of nitrogens with one attached hydrogen (secondary N) is 1. The van der Waals surface area contributed by atoms with Gasteiger partial charge in [-0.05, 0) is 12.5 Å². The highest BCUT2D eigenvalue weighted by atomic mass is 19.1. The number of carbonyl (C=O) groups is 1. The van der Waals surface area contributed by atoms with Gasteiger partial charge in [0.2, 0.25) is 0 Å². The van der Waals surface area contributed by atoms with Crippen LogP contribution in [0.3, 0.4) is 0 Å². The van der Waals surface area contributed by atoms with E-state index in [0.29, 0.717) is 5.56 Å². The molecule has 0 amide bonds.